The van der Waals surface area contributed by atoms with Crippen LogP contribution in [0.3, 0.4) is 0 Å². The first-order valence-corrected chi connectivity index (χ1v) is 5.06. The second-order valence-electron chi connectivity index (χ2n) is 2.94. The number of rotatable bonds is 1. The summed E-state index contributed by atoms with van der Waals surface area (Å²) in [6.07, 6.45) is 0. The Morgan fingerprint density at radius 2 is 1.73 bits per heavy atom. The third-order valence-electron chi connectivity index (χ3n) is 1.95. The highest BCUT2D eigenvalue weighted by molar-refractivity contribution is 7.13. The minimum absolute atomic E-state index is 0.512. The van der Waals surface area contributed by atoms with Crippen molar-refractivity contribution in [2.75, 3.05) is 0 Å². The molecule has 69 valence electrons. The molecule has 0 spiro atoms. The maximum Gasteiger partial charge on any atom is 0.0992 e. The Morgan fingerprint density at radius 3 is 2.20 bits per heavy atom. The van der Waals surface area contributed by atoms with Gasteiger partial charge in [-0.3, -0.25) is 0 Å². The van der Waals surface area contributed by atoms with E-state index in [2.05, 4.69) is 5.38 Å². The van der Waals surface area contributed by atoms with Crippen LogP contribution in [-0.4, -0.2) is 0 Å². The van der Waals surface area contributed by atoms with Gasteiger partial charge in [-0.05, 0) is 35.9 Å². The van der Waals surface area contributed by atoms with Crippen LogP contribution in [0.4, 0.5) is 0 Å². The fourth-order valence-corrected chi connectivity index (χ4v) is 1.93. The second-order valence-corrected chi connectivity index (χ2v) is 3.82. The average molecular weight is 209 g/mol. The smallest absolute Gasteiger partial charge is 0.0992 e. The molecular weight excluding hydrogens is 204 g/mol. The summed E-state index contributed by atoms with van der Waals surface area (Å²) in [6.45, 7) is 0. The van der Waals surface area contributed by atoms with Crippen LogP contribution < -0.4 is 0 Å². The Labute approximate surface area is 91.6 Å². The normalized spacial score (nSPS) is 9.20. The second kappa shape index (κ2) is 3.96. The molecule has 0 amide bonds. The van der Waals surface area contributed by atoms with Gasteiger partial charge in [-0.15, -0.1) is 11.3 Å². The molecule has 0 unspecified atom stereocenters. The molecule has 0 bridgehead atoms. The molecule has 0 saturated carbocycles. The van der Waals surface area contributed by atoms with E-state index in [1.807, 2.05) is 24.3 Å². The first kappa shape index (κ1) is 9.45. The Bertz CT molecular complexity index is 524. The van der Waals surface area contributed by atoms with Crippen LogP contribution in [-0.2, 0) is 0 Å². The summed E-state index contributed by atoms with van der Waals surface area (Å²) in [4.78, 5) is 1.02. The third kappa shape index (κ3) is 1.88. The van der Waals surface area contributed by atoms with Crippen molar-refractivity contribution in [2.45, 2.75) is 0 Å². The van der Waals surface area contributed by atoms with Gasteiger partial charge in [0.2, 0.25) is 0 Å². The summed E-state index contributed by atoms with van der Waals surface area (Å²) in [5, 5.41) is 20.6. The maximum atomic E-state index is 8.82. The Morgan fingerprint density at radius 1 is 1.07 bits per heavy atom. The van der Waals surface area contributed by atoms with Crippen molar-refractivity contribution in [3.8, 4) is 22.6 Å². The zero-order valence-corrected chi connectivity index (χ0v) is 8.51. The lowest BCUT2D eigenvalue weighted by molar-refractivity contribution is 1.45. The van der Waals surface area contributed by atoms with Gasteiger partial charge < -0.3 is 0 Å². The van der Waals surface area contributed by atoms with Crippen molar-refractivity contribution in [1.29, 1.82) is 10.5 Å². The molecule has 0 saturated heterocycles. The summed E-state index contributed by atoms with van der Waals surface area (Å²) in [5.74, 6) is 0. The standard InChI is InChI=1S/C12H5N2S/c13-7-9-4-10(8-14)6-11(5-9)12-2-1-3-15-12/h1-2,4-6H. The molecule has 0 atom stereocenters. The van der Waals surface area contributed by atoms with E-state index in [1.54, 1.807) is 18.2 Å². The molecule has 2 nitrogen and oxygen atoms in total. The minimum atomic E-state index is 0.512. The molecule has 1 heterocycles. The van der Waals surface area contributed by atoms with Crippen molar-refractivity contribution >= 4 is 11.3 Å². The lowest BCUT2D eigenvalue weighted by Gasteiger charge is -1.98. The molecule has 1 radical (unpaired) electrons. The molecule has 1 aromatic carbocycles. The molecule has 3 heteroatoms. The van der Waals surface area contributed by atoms with E-state index >= 15 is 0 Å². The molecule has 0 aliphatic rings. The van der Waals surface area contributed by atoms with E-state index in [0.29, 0.717) is 11.1 Å². The summed E-state index contributed by atoms with van der Waals surface area (Å²) >= 11 is 1.47. The van der Waals surface area contributed by atoms with Gasteiger partial charge >= 0.3 is 0 Å². The van der Waals surface area contributed by atoms with Crippen LogP contribution in [0.2, 0.25) is 0 Å². The highest BCUT2D eigenvalue weighted by Crippen LogP contribution is 2.26. The van der Waals surface area contributed by atoms with Gasteiger partial charge in [0.25, 0.3) is 0 Å². The molecule has 0 fully saturated rings. The van der Waals surface area contributed by atoms with Gasteiger partial charge in [0.15, 0.2) is 0 Å². The van der Waals surface area contributed by atoms with E-state index in [9.17, 15) is 0 Å². The van der Waals surface area contributed by atoms with E-state index in [0.717, 1.165) is 10.4 Å². The summed E-state index contributed by atoms with van der Waals surface area (Å²) in [5.41, 5.74) is 1.92. The quantitative estimate of drug-likeness (QED) is 0.724. The zero-order chi connectivity index (χ0) is 10.7. The maximum absolute atomic E-state index is 8.82. The van der Waals surface area contributed by atoms with E-state index in [4.69, 9.17) is 10.5 Å². The fourth-order valence-electron chi connectivity index (χ4n) is 1.30. The Balaban J connectivity index is 2.59. The first-order valence-electron chi connectivity index (χ1n) is 4.25. The molecular formula is C12H5N2S. The van der Waals surface area contributed by atoms with Crippen molar-refractivity contribution in [3.63, 3.8) is 0 Å². The molecule has 0 aliphatic carbocycles. The monoisotopic (exact) mass is 209 g/mol. The number of nitrogens with zero attached hydrogens (tertiary/aromatic N) is 2. The molecule has 2 rings (SSSR count). The molecule has 0 aliphatic heterocycles. The highest BCUT2D eigenvalue weighted by atomic mass is 32.1. The molecule has 1 aromatic heterocycles. The van der Waals surface area contributed by atoms with E-state index in [-0.39, 0.29) is 0 Å². The van der Waals surface area contributed by atoms with Crippen molar-refractivity contribution < 1.29 is 0 Å². The lowest BCUT2D eigenvalue weighted by Crippen LogP contribution is -1.81. The van der Waals surface area contributed by atoms with Crippen LogP contribution in [0.5, 0.6) is 0 Å². The molecule has 15 heavy (non-hydrogen) atoms. The summed E-state index contributed by atoms with van der Waals surface area (Å²) < 4.78 is 0. The zero-order valence-electron chi connectivity index (χ0n) is 7.69. The summed E-state index contributed by atoms with van der Waals surface area (Å²) in [6, 6.07) is 13.0. The van der Waals surface area contributed by atoms with Crippen molar-refractivity contribution in [1.82, 2.24) is 0 Å². The third-order valence-corrected chi connectivity index (χ3v) is 2.79. The van der Waals surface area contributed by atoms with Crippen molar-refractivity contribution in [2.24, 2.45) is 0 Å². The number of thiophene rings is 1. The molecule has 2 aromatic rings. The van der Waals surface area contributed by atoms with Gasteiger partial charge in [-0.25, -0.2) is 0 Å². The van der Waals surface area contributed by atoms with Gasteiger partial charge in [-0.2, -0.15) is 10.5 Å². The number of nitriles is 2. The highest BCUT2D eigenvalue weighted by Gasteiger charge is 2.03. The van der Waals surface area contributed by atoms with Gasteiger partial charge in [0.1, 0.15) is 0 Å². The van der Waals surface area contributed by atoms with E-state index < -0.39 is 0 Å². The number of benzene rings is 1. The van der Waals surface area contributed by atoms with Crippen LogP contribution in [0.25, 0.3) is 10.4 Å². The number of hydrogen-bond acceptors (Lipinski definition) is 3. The summed E-state index contributed by atoms with van der Waals surface area (Å²) in [7, 11) is 0. The predicted molar refractivity (Wildman–Crippen MR) is 58.0 cm³/mol. The van der Waals surface area contributed by atoms with Crippen LogP contribution in [0.15, 0.2) is 30.3 Å². The number of hydrogen-bond donors (Lipinski definition) is 0. The largest absolute Gasteiger partial charge is 0.192 e. The van der Waals surface area contributed by atoms with Crippen LogP contribution in [0, 0.1) is 28.0 Å². The SMILES string of the molecule is N#Cc1cc(C#N)cc(-c2cc[c]s2)c1. The van der Waals surface area contributed by atoms with Crippen LogP contribution >= 0.6 is 11.3 Å². The average Bonchev–Trinajstić information content (AvgIpc) is 2.81. The Kier molecular flexibility index (Phi) is 2.49. The van der Waals surface area contributed by atoms with Gasteiger partial charge in [0.05, 0.1) is 23.3 Å². The topological polar surface area (TPSA) is 47.6 Å². The predicted octanol–water partition coefficient (Wildman–Crippen LogP) is 2.96. The molecule has 0 N–H and O–H groups in total. The van der Waals surface area contributed by atoms with E-state index in [1.165, 1.54) is 11.3 Å². The van der Waals surface area contributed by atoms with Gasteiger partial charge in [-0.1, -0.05) is 0 Å². The lowest BCUT2D eigenvalue weighted by atomic mass is 10.1. The van der Waals surface area contributed by atoms with Gasteiger partial charge in [0, 0.05) is 10.3 Å². The minimum Gasteiger partial charge on any atom is -0.192 e. The van der Waals surface area contributed by atoms with Crippen molar-refractivity contribution in [3.05, 3.63) is 46.8 Å². The van der Waals surface area contributed by atoms with Crippen LogP contribution in [0.1, 0.15) is 11.1 Å². The first-order chi connectivity index (χ1) is 7.33. The Hall–Kier alpha value is -2.10. The fraction of sp³-hybridized carbons (Fsp3) is 0.